The number of rotatable bonds is 1. The van der Waals surface area contributed by atoms with E-state index >= 15 is 0 Å². The predicted octanol–water partition coefficient (Wildman–Crippen LogP) is 12.1. The summed E-state index contributed by atoms with van der Waals surface area (Å²) in [5.74, 6) is 1.70. The highest BCUT2D eigenvalue weighted by atomic mass is 16.5. The van der Waals surface area contributed by atoms with Crippen molar-refractivity contribution in [3.8, 4) is 11.5 Å². The van der Waals surface area contributed by atoms with Crippen molar-refractivity contribution in [1.82, 2.24) is 9.38 Å². The lowest BCUT2D eigenvalue weighted by molar-refractivity contribution is 0.477. The molecule has 10 aromatic rings. The molecule has 0 amide bonds. The van der Waals surface area contributed by atoms with E-state index in [1.165, 1.54) is 43.1 Å². The number of nitrogens with zero attached hydrogens (tertiary/aromatic N) is 3. The van der Waals surface area contributed by atoms with Gasteiger partial charge in [-0.15, -0.1) is 0 Å². The lowest BCUT2D eigenvalue weighted by atomic mass is 9.93. The van der Waals surface area contributed by atoms with Crippen LogP contribution in [0.5, 0.6) is 11.5 Å². The smallest absolute Gasteiger partial charge is 0.152 e. The zero-order chi connectivity index (χ0) is 31.5. The van der Waals surface area contributed by atoms with Gasteiger partial charge in [-0.25, -0.2) is 4.98 Å². The molecule has 1 aliphatic rings. The van der Waals surface area contributed by atoms with E-state index in [1.54, 1.807) is 0 Å². The maximum atomic E-state index is 6.77. The van der Waals surface area contributed by atoms with Crippen LogP contribution < -0.4 is 9.64 Å². The Hall–Kier alpha value is -6.39. The number of imidazole rings is 1. The number of aromatic nitrogens is 2. The van der Waals surface area contributed by atoms with E-state index in [2.05, 4.69) is 162 Å². The molecule has 1 aliphatic heterocycles. The predicted molar refractivity (Wildman–Crippen MR) is 200 cm³/mol. The van der Waals surface area contributed by atoms with Crippen molar-refractivity contribution < 1.29 is 4.74 Å². The summed E-state index contributed by atoms with van der Waals surface area (Å²) in [5.41, 5.74) is 8.52. The van der Waals surface area contributed by atoms with Crippen molar-refractivity contribution in [2.24, 2.45) is 0 Å². The summed E-state index contributed by atoms with van der Waals surface area (Å²) in [7, 11) is 0. The molecule has 2 aromatic heterocycles. The highest BCUT2D eigenvalue weighted by molar-refractivity contribution is 6.26. The monoisotopic (exact) mass is 613 g/mol. The summed E-state index contributed by atoms with van der Waals surface area (Å²) in [6.07, 6.45) is 0. The zero-order valence-corrected chi connectivity index (χ0v) is 26.1. The Balaban J connectivity index is 1.24. The van der Waals surface area contributed by atoms with E-state index < -0.39 is 0 Å². The van der Waals surface area contributed by atoms with Gasteiger partial charge in [0.05, 0.1) is 27.9 Å². The van der Waals surface area contributed by atoms with Crippen LogP contribution in [0.25, 0.3) is 70.7 Å². The lowest BCUT2D eigenvalue weighted by Gasteiger charge is -2.34. The molecule has 48 heavy (non-hydrogen) atoms. The van der Waals surface area contributed by atoms with Crippen molar-refractivity contribution in [1.29, 1.82) is 0 Å². The summed E-state index contributed by atoms with van der Waals surface area (Å²) in [5, 5.41) is 10.9. The van der Waals surface area contributed by atoms with Crippen molar-refractivity contribution in [3.63, 3.8) is 0 Å². The molecule has 0 unspecified atom stereocenters. The lowest BCUT2D eigenvalue weighted by Crippen LogP contribution is -2.16. The van der Waals surface area contributed by atoms with Crippen LogP contribution in [-0.4, -0.2) is 9.38 Å². The fraction of sp³-hybridized carbons (Fsp3) is 0.0227. The molecule has 0 bridgehead atoms. The molecule has 0 N–H and O–H groups in total. The largest absolute Gasteiger partial charge is 0.453 e. The van der Waals surface area contributed by atoms with Crippen LogP contribution in [0.3, 0.4) is 0 Å². The van der Waals surface area contributed by atoms with Gasteiger partial charge in [0.1, 0.15) is 5.65 Å². The van der Waals surface area contributed by atoms with Gasteiger partial charge in [0.25, 0.3) is 0 Å². The summed E-state index contributed by atoms with van der Waals surface area (Å²) in [4.78, 5) is 7.51. The molecule has 4 heteroatoms. The molecule has 0 aliphatic carbocycles. The molecular formula is C44H27N3O. The molecule has 8 aromatic carbocycles. The van der Waals surface area contributed by atoms with Gasteiger partial charge in [0.2, 0.25) is 0 Å². The number of fused-ring (bicyclic) bond motifs is 16. The molecule has 224 valence electrons. The fourth-order valence-corrected chi connectivity index (χ4v) is 8.03. The van der Waals surface area contributed by atoms with E-state index in [4.69, 9.17) is 9.72 Å². The number of anilines is 3. The van der Waals surface area contributed by atoms with Crippen molar-refractivity contribution >= 4 is 87.7 Å². The second-order valence-electron chi connectivity index (χ2n) is 12.9. The van der Waals surface area contributed by atoms with E-state index in [1.807, 2.05) is 0 Å². The number of hydrogen-bond acceptors (Lipinski definition) is 3. The maximum absolute atomic E-state index is 6.77. The topological polar surface area (TPSA) is 29.8 Å². The van der Waals surface area contributed by atoms with E-state index in [0.29, 0.717) is 0 Å². The molecule has 3 heterocycles. The summed E-state index contributed by atoms with van der Waals surface area (Å²) in [6, 6.07) is 52.4. The van der Waals surface area contributed by atoms with Crippen LogP contribution in [0.1, 0.15) is 5.56 Å². The van der Waals surface area contributed by atoms with E-state index in [-0.39, 0.29) is 0 Å². The Morgan fingerprint density at radius 3 is 1.83 bits per heavy atom. The van der Waals surface area contributed by atoms with Gasteiger partial charge in [-0.1, -0.05) is 84.9 Å². The van der Waals surface area contributed by atoms with Gasteiger partial charge < -0.3 is 9.64 Å². The molecule has 0 saturated carbocycles. The minimum atomic E-state index is 0.848. The Kier molecular flexibility index (Phi) is 5.01. The van der Waals surface area contributed by atoms with Gasteiger partial charge in [-0.3, -0.25) is 4.40 Å². The van der Waals surface area contributed by atoms with Crippen LogP contribution in [0, 0.1) is 6.92 Å². The van der Waals surface area contributed by atoms with Crippen LogP contribution >= 0.6 is 0 Å². The Labute approximate surface area is 275 Å². The molecule has 0 fully saturated rings. The molecule has 0 atom stereocenters. The molecule has 0 spiro atoms. The number of para-hydroxylation sites is 3. The molecule has 4 nitrogen and oxygen atoms in total. The number of aryl methyl sites for hydroxylation is 1. The minimum Gasteiger partial charge on any atom is -0.453 e. The number of hydrogen-bond donors (Lipinski definition) is 0. The maximum Gasteiger partial charge on any atom is 0.152 e. The quantitative estimate of drug-likeness (QED) is 0.173. The van der Waals surface area contributed by atoms with Gasteiger partial charge in [0, 0.05) is 16.5 Å². The van der Waals surface area contributed by atoms with Gasteiger partial charge in [-0.05, 0) is 111 Å². The number of benzene rings is 8. The molecule has 11 rings (SSSR count). The average molecular weight is 614 g/mol. The average Bonchev–Trinajstić information content (AvgIpc) is 3.53. The standard InChI is InChI=1S/C44H27N3O/c1-26-18-21-40-42(22-26)48-43-25-36-31-13-5-3-11-29(31)28-10-2-4-12-30(28)35(36)24-41(43)46(40)27-19-20-33-34(23-27)32-14-6-8-16-38(32)47-39-17-9-7-15-37(39)45-44(33)47/h2-25H,1H3. The molecule has 0 radical (unpaired) electrons. The first-order valence-corrected chi connectivity index (χ1v) is 16.4. The van der Waals surface area contributed by atoms with Crippen molar-refractivity contribution in [2.45, 2.75) is 6.92 Å². The van der Waals surface area contributed by atoms with Gasteiger partial charge in [0.15, 0.2) is 11.5 Å². The van der Waals surface area contributed by atoms with Crippen molar-refractivity contribution in [3.05, 3.63) is 151 Å². The first-order chi connectivity index (χ1) is 23.7. The second-order valence-corrected chi connectivity index (χ2v) is 12.9. The highest BCUT2D eigenvalue weighted by Crippen LogP contribution is 2.53. The summed E-state index contributed by atoms with van der Waals surface area (Å²) >= 11 is 0. The second kappa shape index (κ2) is 9.34. The third-order valence-electron chi connectivity index (χ3n) is 10.1. The Morgan fingerprint density at radius 2 is 1.06 bits per heavy atom. The summed E-state index contributed by atoms with van der Waals surface area (Å²) < 4.78 is 9.08. The van der Waals surface area contributed by atoms with Crippen LogP contribution in [-0.2, 0) is 0 Å². The normalized spacial score (nSPS) is 12.8. The summed E-state index contributed by atoms with van der Waals surface area (Å²) in [6.45, 7) is 2.12. The highest BCUT2D eigenvalue weighted by Gasteiger charge is 2.28. The number of ether oxygens (including phenoxy) is 1. The Bertz CT molecular complexity index is 3010. The first kappa shape index (κ1) is 25.8. The van der Waals surface area contributed by atoms with Crippen LogP contribution in [0.2, 0.25) is 0 Å². The third kappa shape index (κ3) is 3.41. The van der Waals surface area contributed by atoms with Crippen LogP contribution in [0.15, 0.2) is 146 Å². The zero-order valence-electron chi connectivity index (χ0n) is 26.1. The Morgan fingerprint density at radius 1 is 0.458 bits per heavy atom. The van der Waals surface area contributed by atoms with Gasteiger partial charge >= 0.3 is 0 Å². The van der Waals surface area contributed by atoms with Crippen molar-refractivity contribution in [2.75, 3.05) is 4.90 Å². The fourth-order valence-electron chi connectivity index (χ4n) is 8.03. The minimum absolute atomic E-state index is 0.848. The SMILES string of the molecule is Cc1ccc2c(c1)Oc1cc3c4ccccc4c4ccccc4c3cc1N2c1ccc2c(c1)c1ccccc1n1c3ccccc3nc21. The molecule has 0 saturated heterocycles. The van der Waals surface area contributed by atoms with Gasteiger partial charge in [-0.2, -0.15) is 0 Å². The third-order valence-corrected chi connectivity index (χ3v) is 10.1. The van der Waals surface area contributed by atoms with E-state index in [0.717, 1.165) is 61.7 Å². The van der Waals surface area contributed by atoms with Crippen LogP contribution in [0.4, 0.5) is 17.1 Å². The first-order valence-electron chi connectivity index (χ1n) is 16.4. The van der Waals surface area contributed by atoms with E-state index in [9.17, 15) is 0 Å². The number of pyridine rings is 1. The molecular weight excluding hydrogens is 587 g/mol.